The molecule has 0 aliphatic carbocycles. The molecule has 9 heteroatoms. The van der Waals surface area contributed by atoms with Gasteiger partial charge in [0.25, 0.3) is 5.91 Å². The van der Waals surface area contributed by atoms with Crippen molar-refractivity contribution in [3.63, 3.8) is 0 Å². The quantitative estimate of drug-likeness (QED) is 0.544. The standard InChI is InChI=1S/C17H21N3O6/c1-17(11-3-4-12-13(9-11)26-8-7-25-12)15(22)20(16(23)19-17)10-14(21)18-5-6-24-2/h3-4,9H,5-8,10H2,1-2H3,(H,18,21)(H,19,23)/t17-/m1/s1. The molecule has 2 aliphatic heterocycles. The summed E-state index contributed by atoms with van der Waals surface area (Å²) >= 11 is 0. The second-order valence-corrected chi connectivity index (χ2v) is 6.15. The van der Waals surface area contributed by atoms with Crippen molar-refractivity contribution in [3.8, 4) is 11.5 Å². The first kappa shape index (κ1) is 18.0. The highest BCUT2D eigenvalue weighted by Crippen LogP contribution is 2.36. The fraction of sp³-hybridized carbons (Fsp3) is 0.471. The molecule has 1 fully saturated rings. The van der Waals surface area contributed by atoms with E-state index in [0.29, 0.717) is 43.4 Å². The fourth-order valence-electron chi connectivity index (χ4n) is 2.88. The van der Waals surface area contributed by atoms with Crippen LogP contribution in [0.25, 0.3) is 0 Å². The van der Waals surface area contributed by atoms with E-state index in [1.165, 1.54) is 7.11 Å². The predicted molar refractivity (Wildman–Crippen MR) is 89.9 cm³/mol. The van der Waals surface area contributed by atoms with Crippen molar-refractivity contribution >= 4 is 17.8 Å². The van der Waals surface area contributed by atoms with Crippen molar-refractivity contribution in [3.05, 3.63) is 23.8 Å². The van der Waals surface area contributed by atoms with Crippen LogP contribution < -0.4 is 20.1 Å². The maximum absolute atomic E-state index is 12.8. The molecule has 1 aromatic carbocycles. The molecular formula is C17H21N3O6. The lowest BCUT2D eigenvalue weighted by molar-refractivity contribution is -0.134. The number of carbonyl (C=O) groups is 3. The third kappa shape index (κ3) is 3.30. The first-order valence-corrected chi connectivity index (χ1v) is 8.25. The van der Waals surface area contributed by atoms with Crippen LogP contribution in [0.4, 0.5) is 4.79 Å². The minimum atomic E-state index is -1.28. The molecule has 1 aromatic rings. The molecule has 26 heavy (non-hydrogen) atoms. The normalized spacial score (nSPS) is 21.5. The van der Waals surface area contributed by atoms with Crippen LogP contribution in [0.3, 0.4) is 0 Å². The number of ether oxygens (including phenoxy) is 3. The van der Waals surface area contributed by atoms with Crippen molar-refractivity contribution < 1.29 is 28.6 Å². The van der Waals surface area contributed by atoms with Gasteiger partial charge in [-0.2, -0.15) is 0 Å². The maximum atomic E-state index is 12.8. The van der Waals surface area contributed by atoms with E-state index in [-0.39, 0.29) is 6.54 Å². The summed E-state index contributed by atoms with van der Waals surface area (Å²) in [5.41, 5.74) is -0.720. The number of carbonyl (C=O) groups excluding carboxylic acids is 3. The molecule has 3 rings (SSSR count). The van der Waals surface area contributed by atoms with E-state index in [0.717, 1.165) is 4.90 Å². The number of amides is 4. The van der Waals surface area contributed by atoms with Crippen LogP contribution in [-0.2, 0) is 19.9 Å². The van der Waals surface area contributed by atoms with Crippen LogP contribution in [0.5, 0.6) is 11.5 Å². The first-order chi connectivity index (χ1) is 12.5. The number of imide groups is 1. The number of rotatable bonds is 6. The van der Waals surface area contributed by atoms with E-state index in [4.69, 9.17) is 14.2 Å². The third-order valence-corrected chi connectivity index (χ3v) is 4.32. The summed E-state index contributed by atoms with van der Waals surface area (Å²) in [6, 6.07) is 4.46. The minimum absolute atomic E-state index is 0.304. The van der Waals surface area contributed by atoms with Crippen LogP contribution in [0.1, 0.15) is 12.5 Å². The van der Waals surface area contributed by atoms with Crippen LogP contribution in [0.2, 0.25) is 0 Å². The number of urea groups is 1. The zero-order chi connectivity index (χ0) is 18.7. The van der Waals surface area contributed by atoms with Crippen molar-refractivity contribution in [2.45, 2.75) is 12.5 Å². The van der Waals surface area contributed by atoms with Gasteiger partial charge in [0, 0.05) is 13.7 Å². The molecule has 0 saturated carbocycles. The Labute approximate surface area is 150 Å². The predicted octanol–water partition coefficient (Wildman–Crippen LogP) is -0.0126. The Morgan fingerprint density at radius 2 is 2.04 bits per heavy atom. The molecule has 1 atom stereocenters. The van der Waals surface area contributed by atoms with E-state index < -0.39 is 23.4 Å². The van der Waals surface area contributed by atoms with Gasteiger partial charge in [0.15, 0.2) is 11.5 Å². The topological polar surface area (TPSA) is 106 Å². The monoisotopic (exact) mass is 363 g/mol. The second kappa shape index (κ2) is 7.20. The van der Waals surface area contributed by atoms with Gasteiger partial charge in [-0.25, -0.2) is 4.79 Å². The Morgan fingerprint density at radius 3 is 2.77 bits per heavy atom. The molecule has 0 bridgehead atoms. The lowest BCUT2D eigenvalue weighted by Crippen LogP contribution is -2.43. The van der Waals surface area contributed by atoms with Gasteiger partial charge in [-0.15, -0.1) is 0 Å². The summed E-state index contributed by atoms with van der Waals surface area (Å²) in [4.78, 5) is 37.9. The van der Waals surface area contributed by atoms with Crippen LogP contribution in [0, 0.1) is 0 Å². The largest absolute Gasteiger partial charge is 0.486 e. The third-order valence-electron chi connectivity index (χ3n) is 4.32. The summed E-state index contributed by atoms with van der Waals surface area (Å²) in [7, 11) is 1.52. The number of fused-ring (bicyclic) bond motifs is 1. The van der Waals surface area contributed by atoms with Crippen molar-refractivity contribution in [1.29, 1.82) is 0 Å². The van der Waals surface area contributed by atoms with E-state index in [1.807, 2.05) is 0 Å². The molecule has 0 aromatic heterocycles. The van der Waals surface area contributed by atoms with Gasteiger partial charge in [-0.3, -0.25) is 14.5 Å². The van der Waals surface area contributed by atoms with Gasteiger partial charge in [0.1, 0.15) is 25.3 Å². The van der Waals surface area contributed by atoms with E-state index in [1.54, 1.807) is 25.1 Å². The summed E-state index contributed by atoms with van der Waals surface area (Å²) in [5, 5.41) is 5.25. The van der Waals surface area contributed by atoms with Gasteiger partial charge in [-0.1, -0.05) is 6.07 Å². The summed E-state index contributed by atoms with van der Waals surface area (Å²) in [6.07, 6.45) is 0. The molecule has 2 aliphatic rings. The van der Waals surface area contributed by atoms with Gasteiger partial charge in [0.05, 0.1) is 6.61 Å². The number of nitrogens with one attached hydrogen (secondary N) is 2. The van der Waals surface area contributed by atoms with Gasteiger partial charge in [0.2, 0.25) is 5.91 Å². The Hall–Kier alpha value is -2.81. The van der Waals surface area contributed by atoms with Crippen molar-refractivity contribution in [2.24, 2.45) is 0 Å². The van der Waals surface area contributed by atoms with Gasteiger partial charge in [-0.05, 0) is 24.6 Å². The Bertz CT molecular complexity index is 737. The molecule has 0 unspecified atom stereocenters. The Morgan fingerprint density at radius 1 is 1.31 bits per heavy atom. The van der Waals surface area contributed by atoms with Gasteiger partial charge >= 0.3 is 6.03 Å². The average molecular weight is 363 g/mol. The molecule has 1 saturated heterocycles. The second-order valence-electron chi connectivity index (χ2n) is 6.15. The van der Waals surface area contributed by atoms with E-state index >= 15 is 0 Å². The SMILES string of the molecule is COCCNC(=O)CN1C(=O)N[C@](C)(c2ccc3c(c2)OCCO3)C1=O. The number of benzene rings is 1. The number of nitrogens with zero attached hydrogens (tertiary/aromatic N) is 1. The smallest absolute Gasteiger partial charge is 0.325 e. The Balaban J connectivity index is 1.75. The Kier molecular flexibility index (Phi) is 4.99. The summed E-state index contributed by atoms with van der Waals surface area (Å²) in [5.74, 6) is 0.181. The zero-order valence-electron chi connectivity index (χ0n) is 14.7. The highest BCUT2D eigenvalue weighted by Gasteiger charge is 2.49. The molecule has 140 valence electrons. The van der Waals surface area contributed by atoms with E-state index in [2.05, 4.69) is 10.6 Å². The van der Waals surface area contributed by atoms with Gasteiger partial charge < -0.3 is 24.8 Å². The molecule has 0 radical (unpaired) electrons. The molecule has 2 N–H and O–H groups in total. The molecular weight excluding hydrogens is 342 g/mol. The van der Waals surface area contributed by atoms with Crippen LogP contribution in [-0.4, -0.2) is 62.8 Å². The fourth-order valence-corrected chi connectivity index (χ4v) is 2.88. The first-order valence-electron chi connectivity index (χ1n) is 8.25. The number of methoxy groups -OCH3 is 1. The molecule has 2 heterocycles. The average Bonchev–Trinajstić information content (AvgIpc) is 2.85. The minimum Gasteiger partial charge on any atom is -0.486 e. The highest BCUT2D eigenvalue weighted by molar-refractivity contribution is 6.09. The lowest BCUT2D eigenvalue weighted by Gasteiger charge is -2.25. The molecule has 9 nitrogen and oxygen atoms in total. The van der Waals surface area contributed by atoms with Crippen molar-refractivity contribution in [1.82, 2.24) is 15.5 Å². The zero-order valence-corrected chi connectivity index (χ0v) is 14.7. The number of hydrogen-bond acceptors (Lipinski definition) is 6. The summed E-state index contributed by atoms with van der Waals surface area (Å²) in [6.45, 7) is 2.78. The lowest BCUT2D eigenvalue weighted by atomic mass is 9.91. The molecule has 4 amide bonds. The highest BCUT2D eigenvalue weighted by atomic mass is 16.6. The summed E-state index contributed by atoms with van der Waals surface area (Å²) < 4.78 is 15.9. The van der Waals surface area contributed by atoms with Crippen LogP contribution in [0.15, 0.2) is 18.2 Å². The maximum Gasteiger partial charge on any atom is 0.325 e. The number of hydrogen-bond donors (Lipinski definition) is 2. The molecule has 0 spiro atoms. The van der Waals surface area contributed by atoms with E-state index in [9.17, 15) is 14.4 Å². The van der Waals surface area contributed by atoms with Crippen LogP contribution >= 0.6 is 0 Å². The van der Waals surface area contributed by atoms with Crippen molar-refractivity contribution in [2.75, 3.05) is 40.0 Å².